The van der Waals surface area contributed by atoms with E-state index in [1.54, 1.807) is 18.9 Å². The fourth-order valence-corrected chi connectivity index (χ4v) is 1.77. The van der Waals surface area contributed by atoms with Crippen molar-refractivity contribution >= 4 is 11.8 Å². The van der Waals surface area contributed by atoms with E-state index in [2.05, 4.69) is 4.98 Å². The van der Waals surface area contributed by atoms with Crippen molar-refractivity contribution in [2.45, 2.75) is 17.9 Å². The van der Waals surface area contributed by atoms with Crippen molar-refractivity contribution in [2.24, 2.45) is 5.73 Å². The molecule has 0 fully saturated rings. The molecule has 1 heterocycles. The summed E-state index contributed by atoms with van der Waals surface area (Å²) in [5.74, 6) is 0.954. The monoisotopic (exact) mass is 212 g/mol. The molecule has 0 bridgehead atoms. The highest BCUT2D eigenvalue weighted by Gasteiger charge is 2.00. The molecule has 3 nitrogen and oxygen atoms in total. The van der Waals surface area contributed by atoms with Gasteiger partial charge in [0, 0.05) is 30.0 Å². The molecule has 78 valence electrons. The lowest BCUT2D eigenvalue weighted by molar-refractivity contribution is 0.218. The van der Waals surface area contributed by atoms with Crippen LogP contribution in [0.25, 0.3) is 0 Å². The molecule has 1 aromatic heterocycles. The lowest BCUT2D eigenvalue weighted by Gasteiger charge is -2.05. The molecule has 2 N–H and O–H groups in total. The summed E-state index contributed by atoms with van der Waals surface area (Å²) in [7, 11) is 1.71. The van der Waals surface area contributed by atoms with Crippen LogP contribution in [0.3, 0.4) is 0 Å². The van der Waals surface area contributed by atoms with Gasteiger partial charge in [0.1, 0.15) is 0 Å². The van der Waals surface area contributed by atoms with Gasteiger partial charge in [-0.2, -0.15) is 0 Å². The molecule has 0 aliphatic carbocycles. The minimum Gasteiger partial charge on any atom is -0.384 e. The standard InChI is InChI=1S/C10H16N2OS/c1-8(11)10-4-3-9(7-12-10)14-6-5-13-2/h3-4,7-8H,5-6,11H2,1-2H3/t8-/m1/s1. The quantitative estimate of drug-likeness (QED) is 0.597. The highest BCUT2D eigenvalue weighted by atomic mass is 32.2. The summed E-state index contributed by atoms with van der Waals surface area (Å²) in [5.41, 5.74) is 6.63. The Balaban J connectivity index is 2.47. The van der Waals surface area contributed by atoms with Gasteiger partial charge >= 0.3 is 0 Å². The second-order valence-corrected chi connectivity index (χ2v) is 4.22. The molecule has 0 aliphatic heterocycles. The number of aromatic nitrogens is 1. The predicted octanol–water partition coefficient (Wildman–Crippen LogP) is 1.84. The number of pyridine rings is 1. The molecule has 1 aromatic rings. The van der Waals surface area contributed by atoms with Gasteiger partial charge in [-0.3, -0.25) is 4.98 Å². The summed E-state index contributed by atoms with van der Waals surface area (Å²) in [6, 6.07) is 4.03. The van der Waals surface area contributed by atoms with Gasteiger partial charge in [0.25, 0.3) is 0 Å². The Kier molecular flexibility index (Phi) is 4.93. The van der Waals surface area contributed by atoms with Gasteiger partial charge in [-0.05, 0) is 19.1 Å². The Morgan fingerprint density at radius 2 is 2.36 bits per heavy atom. The minimum absolute atomic E-state index is 0.00743. The predicted molar refractivity (Wildman–Crippen MR) is 59.4 cm³/mol. The number of thioether (sulfide) groups is 1. The average Bonchev–Trinajstić information content (AvgIpc) is 2.19. The van der Waals surface area contributed by atoms with Crippen molar-refractivity contribution in [1.29, 1.82) is 0 Å². The molecule has 14 heavy (non-hydrogen) atoms. The van der Waals surface area contributed by atoms with Gasteiger partial charge in [0.05, 0.1) is 12.3 Å². The van der Waals surface area contributed by atoms with Crippen LogP contribution in [0, 0.1) is 0 Å². The van der Waals surface area contributed by atoms with Crippen LogP contribution in [-0.2, 0) is 4.74 Å². The molecule has 0 amide bonds. The minimum atomic E-state index is 0.00743. The van der Waals surface area contributed by atoms with Crippen LogP contribution in [0.5, 0.6) is 0 Å². The van der Waals surface area contributed by atoms with E-state index < -0.39 is 0 Å². The molecule has 0 spiro atoms. The van der Waals surface area contributed by atoms with Gasteiger partial charge in [-0.15, -0.1) is 11.8 Å². The molecule has 4 heteroatoms. The molecule has 1 rings (SSSR count). The highest BCUT2D eigenvalue weighted by Crippen LogP contribution is 2.17. The average molecular weight is 212 g/mol. The van der Waals surface area contributed by atoms with E-state index in [9.17, 15) is 0 Å². The fourth-order valence-electron chi connectivity index (χ4n) is 0.989. The second-order valence-electron chi connectivity index (χ2n) is 3.05. The van der Waals surface area contributed by atoms with Gasteiger partial charge in [0.2, 0.25) is 0 Å². The summed E-state index contributed by atoms with van der Waals surface area (Å²) in [6.45, 7) is 2.69. The normalized spacial score (nSPS) is 12.8. The summed E-state index contributed by atoms with van der Waals surface area (Å²) >= 11 is 1.74. The van der Waals surface area contributed by atoms with Crippen LogP contribution < -0.4 is 5.73 Å². The summed E-state index contributed by atoms with van der Waals surface area (Å²) in [6.07, 6.45) is 1.86. The van der Waals surface area contributed by atoms with Crippen molar-refractivity contribution in [2.75, 3.05) is 19.5 Å². The van der Waals surface area contributed by atoms with E-state index in [-0.39, 0.29) is 6.04 Å². The van der Waals surface area contributed by atoms with E-state index >= 15 is 0 Å². The zero-order chi connectivity index (χ0) is 10.4. The van der Waals surface area contributed by atoms with E-state index in [0.29, 0.717) is 0 Å². The van der Waals surface area contributed by atoms with Crippen molar-refractivity contribution in [3.63, 3.8) is 0 Å². The number of methoxy groups -OCH3 is 1. The molecule has 0 aliphatic rings. The van der Waals surface area contributed by atoms with Gasteiger partial charge < -0.3 is 10.5 Å². The first-order chi connectivity index (χ1) is 6.74. The van der Waals surface area contributed by atoms with Crippen LogP contribution in [-0.4, -0.2) is 24.5 Å². The topological polar surface area (TPSA) is 48.1 Å². The maximum atomic E-state index is 5.70. The maximum Gasteiger partial charge on any atom is 0.0569 e. The van der Waals surface area contributed by atoms with Crippen LogP contribution in [0.1, 0.15) is 18.7 Å². The van der Waals surface area contributed by atoms with Gasteiger partial charge in [-0.25, -0.2) is 0 Å². The van der Waals surface area contributed by atoms with Gasteiger partial charge in [0.15, 0.2) is 0 Å². The first-order valence-corrected chi connectivity index (χ1v) is 5.56. The number of hydrogen-bond acceptors (Lipinski definition) is 4. The van der Waals surface area contributed by atoms with Gasteiger partial charge in [-0.1, -0.05) is 0 Å². The smallest absolute Gasteiger partial charge is 0.0569 e. The lowest BCUT2D eigenvalue weighted by Crippen LogP contribution is -2.06. The third-order valence-corrected chi connectivity index (χ3v) is 2.73. The zero-order valence-electron chi connectivity index (χ0n) is 8.56. The van der Waals surface area contributed by atoms with Crippen LogP contribution in [0.15, 0.2) is 23.2 Å². The van der Waals surface area contributed by atoms with E-state index in [0.717, 1.165) is 22.9 Å². The van der Waals surface area contributed by atoms with E-state index in [1.165, 1.54) is 0 Å². The number of nitrogens with zero attached hydrogens (tertiary/aromatic N) is 1. The molecule has 0 unspecified atom stereocenters. The number of ether oxygens (including phenoxy) is 1. The van der Waals surface area contributed by atoms with Crippen LogP contribution in [0.4, 0.5) is 0 Å². The zero-order valence-corrected chi connectivity index (χ0v) is 9.38. The summed E-state index contributed by atoms with van der Waals surface area (Å²) in [5, 5.41) is 0. The number of rotatable bonds is 5. The molecule has 0 aromatic carbocycles. The SMILES string of the molecule is COCCSc1ccc([C@@H](C)N)nc1. The van der Waals surface area contributed by atoms with Crippen LogP contribution >= 0.6 is 11.8 Å². The highest BCUT2D eigenvalue weighted by molar-refractivity contribution is 7.99. The third kappa shape index (κ3) is 3.65. The third-order valence-electron chi connectivity index (χ3n) is 1.78. The first kappa shape index (κ1) is 11.5. The molecular weight excluding hydrogens is 196 g/mol. The first-order valence-electron chi connectivity index (χ1n) is 4.57. The molecule has 0 saturated heterocycles. The molecule has 0 saturated carbocycles. The molecular formula is C10H16N2OS. The largest absolute Gasteiger partial charge is 0.384 e. The Labute approximate surface area is 89.1 Å². The van der Waals surface area contributed by atoms with Crippen molar-refractivity contribution in [3.8, 4) is 0 Å². The lowest BCUT2D eigenvalue weighted by atomic mass is 10.2. The number of nitrogens with two attached hydrogens (primary N) is 1. The van der Waals surface area contributed by atoms with Crippen molar-refractivity contribution in [1.82, 2.24) is 4.98 Å². The van der Waals surface area contributed by atoms with Crippen LogP contribution in [0.2, 0.25) is 0 Å². The summed E-state index contributed by atoms with van der Waals surface area (Å²) in [4.78, 5) is 5.43. The fraction of sp³-hybridized carbons (Fsp3) is 0.500. The molecule has 0 radical (unpaired) electrons. The maximum absolute atomic E-state index is 5.70. The Bertz CT molecular complexity index is 261. The second kappa shape index (κ2) is 6.01. The molecule has 1 atom stereocenters. The van der Waals surface area contributed by atoms with E-state index in [4.69, 9.17) is 10.5 Å². The Hall–Kier alpha value is -0.580. The Morgan fingerprint density at radius 1 is 1.57 bits per heavy atom. The van der Waals surface area contributed by atoms with Crippen molar-refractivity contribution in [3.05, 3.63) is 24.0 Å². The van der Waals surface area contributed by atoms with Crippen molar-refractivity contribution < 1.29 is 4.74 Å². The van der Waals surface area contributed by atoms with E-state index in [1.807, 2.05) is 25.3 Å². The number of hydrogen-bond donors (Lipinski definition) is 1. The Morgan fingerprint density at radius 3 is 2.86 bits per heavy atom. The summed E-state index contributed by atoms with van der Waals surface area (Å²) < 4.78 is 4.96.